The van der Waals surface area contributed by atoms with Gasteiger partial charge in [-0.25, -0.2) is 19.3 Å². The highest BCUT2D eigenvalue weighted by atomic mass is 19.1. The number of hydrogen-bond acceptors (Lipinski definition) is 10. The Labute approximate surface area is 217 Å². The first-order chi connectivity index (χ1) is 18.2. The summed E-state index contributed by atoms with van der Waals surface area (Å²) in [7, 11) is 0. The average molecular weight is 524 g/mol. The van der Waals surface area contributed by atoms with Crippen LogP contribution in [-0.2, 0) is 29.6 Å². The van der Waals surface area contributed by atoms with E-state index >= 15 is 0 Å². The standard InChI is InChI=1S/C25H26FN7O5/c1-3-10-29-23-30-11-8-17(31-23)19-18(15-4-6-16(26)7-5-15)32-21(33-19)25(20(28)34)37-13-24(2,14-38-25)22(35)36-12-9-27/h4-8,11H,3,10,12-14H2,1-2H3,(H2,28,34)(H,32,33)(H,29,30,31). The summed E-state index contributed by atoms with van der Waals surface area (Å²) >= 11 is 0. The second-order valence-corrected chi connectivity index (χ2v) is 8.86. The Bertz CT molecular complexity index is 1360. The number of benzene rings is 1. The van der Waals surface area contributed by atoms with E-state index in [-0.39, 0.29) is 19.0 Å². The number of primary amides is 1. The number of esters is 1. The van der Waals surface area contributed by atoms with Crippen LogP contribution in [-0.4, -0.2) is 58.2 Å². The topological polar surface area (TPSA) is 178 Å². The number of nitrogens with one attached hydrogen (secondary N) is 2. The highest BCUT2D eigenvalue weighted by molar-refractivity contribution is 5.85. The fourth-order valence-electron chi connectivity index (χ4n) is 3.74. The Morgan fingerprint density at radius 3 is 2.58 bits per heavy atom. The molecule has 198 valence electrons. The summed E-state index contributed by atoms with van der Waals surface area (Å²) in [4.78, 5) is 41.5. The van der Waals surface area contributed by atoms with E-state index in [2.05, 4.69) is 25.3 Å². The molecule has 0 spiro atoms. The van der Waals surface area contributed by atoms with Gasteiger partial charge in [-0.3, -0.25) is 9.59 Å². The highest BCUT2D eigenvalue weighted by Crippen LogP contribution is 2.39. The van der Waals surface area contributed by atoms with Gasteiger partial charge in [0.2, 0.25) is 5.95 Å². The number of amides is 1. The first-order valence-electron chi connectivity index (χ1n) is 11.8. The van der Waals surface area contributed by atoms with E-state index in [1.807, 2.05) is 6.92 Å². The molecule has 4 rings (SSSR count). The van der Waals surface area contributed by atoms with Crippen molar-refractivity contribution in [2.45, 2.75) is 26.1 Å². The van der Waals surface area contributed by atoms with Crippen LogP contribution in [0.25, 0.3) is 22.6 Å². The number of aromatic amines is 1. The van der Waals surface area contributed by atoms with Crippen LogP contribution in [0, 0.1) is 22.6 Å². The minimum Gasteiger partial charge on any atom is -0.450 e. The van der Waals surface area contributed by atoms with Gasteiger partial charge in [0.15, 0.2) is 12.4 Å². The van der Waals surface area contributed by atoms with E-state index in [1.54, 1.807) is 18.3 Å². The van der Waals surface area contributed by atoms with Gasteiger partial charge in [-0.15, -0.1) is 0 Å². The number of halogens is 1. The molecule has 0 atom stereocenters. The molecule has 1 aromatic carbocycles. The molecule has 3 aromatic rings. The fourth-order valence-corrected chi connectivity index (χ4v) is 3.74. The van der Waals surface area contributed by atoms with Crippen molar-refractivity contribution >= 4 is 17.8 Å². The minimum atomic E-state index is -2.17. The number of carbonyl (C=O) groups is 2. The number of ether oxygens (including phenoxy) is 3. The normalized spacial score (nSPS) is 20.9. The Morgan fingerprint density at radius 1 is 1.24 bits per heavy atom. The second-order valence-electron chi connectivity index (χ2n) is 8.86. The average Bonchev–Trinajstić information content (AvgIpc) is 3.37. The van der Waals surface area contributed by atoms with Crippen molar-refractivity contribution in [2.75, 3.05) is 31.7 Å². The van der Waals surface area contributed by atoms with Gasteiger partial charge in [-0.05, 0) is 43.7 Å². The molecule has 12 nitrogen and oxygen atoms in total. The third kappa shape index (κ3) is 5.17. The Morgan fingerprint density at radius 2 is 1.95 bits per heavy atom. The quantitative estimate of drug-likeness (QED) is 0.352. The molecule has 1 fully saturated rings. The molecule has 2 aromatic heterocycles. The van der Waals surface area contributed by atoms with Gasteiger partial charge >= 0.3 is 11.8 Å². The molecule has 0 aliphatic carbocycles. The van der Waals surface area contributed by atoms with E-state index < -0.39 is 35.5 Å². The number of aromatic nitrogens is 4. The van der Waals surface area contributed by atoms with E-state index in [1.165, 1.54) is 31.2 Å². The number of carbonyl (C=O) groups excluding carboxylic acids is 2. The maximum Gasteiger partial charge on any atom is 0.317 e. The summed E-state index contributed by atoms with van der Waals surface area (Å²) in [5.41, 5.74) is 6.08. The molecule has 1 amide bonds. The molecule has 1 aliphatic heterocycles. The SMILES string of the molecule is CCCNc1nccc(-c2[nH]c(C3(C(N)=O)OCC(C)(C(=O)OCC#N)CO3)nc2-c2ccc(F)cc2)n1. The van der Waals surface area contributed by atoms with Crippen molar-refractivity contribution in [1.82, 2.24) is 19.9 Å². The molecule has 1 saturated heterocycles. The van der Waals surface area contributed by atoms with Crippen molar-refractivity contribution in [3.63, 3.8) is 0 Å². The lowest BCUT2D eigenvalue weighted by Crippen LogP contribution is -2.56. The largest absolute Gasteiger partial charge is 0.450 e. The van der Waals surface area contributed by atoms with Gasteiger partial charge in [0.1, 0.15) is 17.3 Å². The molecule has 0 radical (unpaired) electrons. The van der Waals surface area contributed by atoms with E-state index in [0.29, 0.717) is 35.1 Å². The Kier molecular flexibility index (Phi) is 7.65. The lowest BCUT2D eigenvalue weighted by Gasteiger charge is -2.40. The van der Waals surface area contributed by atoms with E-state index in [0.717, 1.165) is 6.42 Å². The third-order valence-electron chi connectivity index (χ3n) is 5.85. The van der Waals surface area contributed by atoms with Crippen LogP contribution >= 0.6 is 0 Å². The number of anilines is 1. The van der Waals surface area contributed by atoms with Crippen LogP contribution in [0.15, 0.2) is 36.5 Å². The summed E-state index contributed by atoms with van der Waals surface area (Å²) in [6.07, 6.45) is 2.42. The van der Waals surface area contributed by atoms with Gasteiger partial charge in [0.05, 0.1) is 30.3 Å². The smallest absolute Gasteiger partial charge is 0.317 e. The van der Waals surface area contributed by atoms with Crippen molar-refractivity contribution < 1.29 is 28.2 Å². The van der Waals surface area contributed by atoms with E-state index in [4.69, 9.17) is 25.2 Å². The van der Waals surface area contributed by atoms with Gasteiger partial charge in [0.25, 0.3) is 5.91 Å². The highest BCUT2D eigenvalue weighted by Gasteiger charge is 2.54. The van der Waals surface area contributed by atoms with Crippen LogP contribution in [0.1, 0.15) is 26.1 Å². The molecule has 4 N–H and O–H groups in total. The number of nitriles is 1. The van der Waals surface area contributed by atoms with Gasteiger partial charge in [0, 0.05) is 18.3 Å². The number of hydrogen-bond donors (Lipinski definition) is 3. The molecular weight excluding hydrogens is 497 g/mol. The van der Waals surface area contributed by atoms with Gasteiger partial charge in [-0.1, -0.05) is 6.92 Å². The molecule has 0 saturated carbocycles. The van der Waals surface area contributed by atoms with Crippen LogP contribution in [0.5, 0.6) is 0 Å². The second kappa shape index (κ2) is 10.9. The first kappa shape index (κ1) is 26.6. The molecule has 38 heavy (non-hydrogen) atoms. The zero-order valence-electron chi connectivity index (χ0n) is 20.8. The van der Waals surface area contributed by atoms with Gasteiger partial charge in [-0.2, -0.15) is 5.26 Å². The zero-order chi connectivity index (χ0) is 27.3. The number of rotatable bonds is 9. The molecule has 13 heteroatoms. The Balaban J connectivity index is 1.76. The van der Waals surface area contributed by atoms with Gasteiger partial charge < -0.3 is 30.2 Å². The Hall–Kier alpha value is -4.41. The summed E-state index contributed by atoms with van der Waals surface area (Å²) in [5.74, 6) is -4.05. The number of H-pyrrole nitrogens is 1. The van der Waals surface area contributed by atoms with Crippen LogP contribution < -0.4 is 11.1 Å². The van der Waals surface area contributed by atoms with Crippen LogP contribution in [0.4, 0.5) is 10.3 Å². The maximum atomic E-state index is 13.7. The minimum absolute atomic E-state index is 0.0894. The van der Waals surface area contributed by atoms with Crippen LogP contribution in [0.2, 0.25) is 0 Å². The summed E-state index contributed by atoms with van der Waals surface area (Å²) in [5, 5.41) is 11.8. The lowest BCUT2D eigenvalue weighted by molar-refractivity contribution is -0.293. The predicted octanol–water partition coefficient (Wildman–Crippen LogP) is 2.25. The summed E-state index contributed by atoms with van der Waals surface area (Å²) < 4.78 is 30.1. The predicted molar refractivity (Wildman–Crippen MR) is 131 cm³/mol. The monoisotopic (exact) mass is 523 g/mol. The number of nitrogens with two attached hydrogens (primary N) is 1. The molecule has 0 bridgehead atoms. The number of nitrogens with zero attached hydrogens (tertiary/aromatic N) is 4. The fraction of sp³-hybridized carbons (Fsp3) is 0.360. The van der Waals surface area contributed by atoms with Crippen molar-refractivity contribution in [1.29, 1.82) is 5.26 Å². The van der Waals surface area contributed by atoms with E-state index in [9.17, 15) is 14.0 Å². The lowest BCUT2D eigenvalue weighted by atomic mass is 9.91. The molecule has 0 unspecified atom stereocenters. The molecule has 3 heterocycles. The molecular formula is C25H26FN7O5. The van der Waals surface area contributed by atoms with Crippen molar-refractivity contribution in [2.24, 2.45) is 11.1 Å². The first-order valence-corrected chi connectivity index (χ1v) is 11.8. The van der Waals surface area contributed by atoms with Crippen LogP contribution in [0.3, 0.4) is 0 Å². The summed E-state index contributed by atoms with van der Waals surface area (Å²) in [6, 6.07) is 8.97. The molecule has 1 aliphatic rings. The summed E-state index contributed by atoms with van der Waals surface area (Å²) in [6.45, 7) is 3.13. The maximum absolute atomic E-state index is 13.7. The van der Waals surface area contributed by atoms with Crippen molar-refractivity contribution in [3.05, 3.63) is 48.2 Å². The third-order valence-corrected chi connectivity index (χ3v) is 5.85. The number of imidazole rings is 1. The zero-order valence-corrected chi connectivity index (χ0v) is 20.8. The van der Waals surface area contributed by atoms with Crippen molar-refractivity contribution in [3.8, 4) is 28.7 Å².